The van der Waals surface area contributed by atoms with Crippen LogP contribution in [-0.4, -0.2) is 48.8 Å². The second-order valence-corrected chi connectivity index (χ2v) is 6.23. The molecule has 1 N–H and O–H groups in total. The van der Waals surface area contributed by atoms with Crippen molar-refractivity contribution in [2.24, 2.45) is 0 Å². The summed E-state index contributed by atoms with van der Waals surface area (Å²) in [6.07, 6.45) is 4.70. The van der Waals surface area contributed by atoms with Crippen LogP contribution in [0.1, 0.15) is 40.0 Å². The summed E-state index contributed by atoms with van der Waals surface area (Å²) >= 11 is 0. The summed E-state index contributed by atoms with van der Waals surface area (Å²) in [5, 5.41) is 8.72. The first-order valence-electron chi connectivity index (χ1n) is 9.00. The van der Waals surface area contributed by atoms with Crippen LogP contribution >= 0.6 is 0 Å². The van der Waals surface area contributed by atoms with E-state index >= 15 is 0 Å². The lowest BCUT2D eigenvalue weighted by Crippen LogP contribution is -2.15. The van der Waals surface area contributed by atoms with Crippen molar-refractivity contribution in [2.45, 2.75) is 40.0 Å². The number of rotatable bonds is 13. The first-order chi connectivity index (χ1) is 13.6. The third-order valence-electron chi connectivity index (χ3n) is 3.49. The molecule has 0 atom stereocenters. The van der Waals surface area contributed by atoms with Gasteiger partial charge in [0, 0.05) is 16.7 Å². The van der Waals surface area contributed by atoms with E-state index in [1.807, 2.05) is 0 Å². The van der Waals surface area contributed by atoms with E-state index in [0.717, 1.165) is 0 Å². The number of carboxylic acids is 1. The monoisotopic (exact) mass is 408 g/mol. The lowest BCUT2D eigenvalue weighted by molar-refractivity contribution is -0.147. The summed E-state index contributed by atoms with van der Waals surface area (Å²) in [5.41, 5.74) is 0.659. The van der Waals surface area contributed by atoms with Crippen LogP contribution in [0.4, 0.5) is 0 Å². The normalized spacial score (nSPS) is 11.4. The number of carbonyl (C=O) groups is 4. The standard InChI is InChI=1S/C21H28O8/c1-14(2)19(24)28-11-12-29-21(26)17(5)13-16(4)20(25)27-10-8-6-7-9-15(3)18(22)23/h9,13H,1,5-8,10-12H2,2-4H3,(H,22,23). The molecule has 8 heteroatoms. The summed E-state index contributed by atoms with van der Waals surface area (Å²) in [7, 11) is 0. The van der Waals surface area contributed by atoms with Crippen LogP contribution < -0.4 is 0 Å². The predicted octanol–water partition coefficient (Wildman–Crippen LogP) is 2.90. The first kappa shape index (κ1) is 25.8. The number of ether oxygens (including phenoxy) is 3. The van der Waals surface area contributed by atoms with Gasteiger partial charge in [-0.1, -0.05) is 19.2 Å². The summed E-state index contributed by atoms with van der Waals surface area (Å²) in [6.45, 7) is 11.4. The Morgan fingerprint density at radius 1 is 0.793 bits per heavy atom. The Morgan fingerprint density at radius 3 is 1.90 bits per heavy atom. The van der Waals surface area contributed by atoms with Crippen molar-refractivity contribution in [1.29, 1.82) is 0 Å². The molecule has 0 amide bonds. The molecule has 0 aliphatic rings. The molecule has 0 unspecified atom stereocenters. The number of esters is 3. The quantitative estimate of drug-likeness (QED) is 0.163. The smallest absolute Gasteiger partial charge is 0.337 e. The molecule has 0 fully saturated rings. The molecule has 0 heterocycles. The molecule has 0 aliphatic heterocycles. The molecule has 0 aromatic rings. The Bertz CT molecular complexity index is 712. The van der Waals surface area contributed by atoms with Gasteiger partial charge in [0.1, 0.15) is 13.2 Å². The first-order valence-corrected chi connectivity index (χ1v) is 9.00. The van der Waals surface area contributed by atoms with E-state index in [9.17, 15) is 19.2 Å². The highest BCUT2D eigenvalue weighted by molar-refractivity contribution is 5.95. The van der Waals surface area contributed by atoms with E-state index in [1.54, 1.807) is 6.08 Å². The lowest BCUT2D eigenvalue weighted by Gasteiger charge is -2.07. The molecule has 8 nitrogen and oxygen atoms in total. The Labute approximate surface area is 170 Å². The number of carbonyl (C=O) groups excluding carboxylic acids is 3. The summed E-state index contributed by atoms with van der Waals surface area (Å²) in [5.74, 6) is -2.87. The molecule has 0 saturated carbocycles. The molecule has 0 bridgehead atoms. The van der Waals surface area contributed by atoms with E-state index < -0.39 is 23.9 Å². The number of carboxylic acid groups (broad SMARTS) is 1. The van der Waals surface area contributed by atoms with Crippen LogP contribution in [-0.2, 0) is 33.4 Å². The van der Waals surface area contributed by atoms with Crippen LogP contribution in [0.3, 0.4) is 0 Å². The van der Waals surface area contributed by atoms with E-state index in [-0.39, 0.29) is 42.1 Å². The Balaban J connectivity index is 4.18. The fraction of sp³-hybridized carbons (Fsp3) is 0.429. The zero-order valence-electron chi connectivity index (χ0n) is 17.1. The molecule has 0 saturated heterocycles. The molecule has 0 radical (unpaired) electrons. The van der Waals surface area contributed by atoms with Gasteiger partial charge in [-0.25, -0.2) is 19.2 Å². The van der Waals surface area contributed by atoms with Gasteiger partial charge in [0.05, 0.1) is 12.2 Å². The van der Waals surface area contributed by atoms with Crippen molar-refractivity contribution in [3.63, 3.8) is 0 Å². The van der Waals surface area contributed by atoms with Gasteiger partial charge in [-0.15, -0.1) is 0 Å². The third kappa shape index (κ3) is 12.0. The third-order valence-corrected chi connectivity index (χ3v) is 3.49. The van der Waals surface area contributed by atoms with E-state index in [2.05, 4.69) is 13.2 Å². The second kappa shape index (κ2) is 13.9. The molecule has 0 aromatic heterocycles. The summed E-state index contributed by atoms with van der Waals surface area (Å²) < 4.78 is 14.8. The van der Waals surface area contributed by atoms with E-state index in [0.29, 0.717) is 19.3 Å². The zero-order chi connectivity index (χ0) is 22.4. The van der Waals surface area contributed by atoms with Crippen molar-refractivity contribution in [3.05, 3.63) is 47.6 Å². The maximum atomic E-state index is 11.9. The van der Waals surface area contributed by atoms with Gasteiger partial charge in [0.25, 0.3) is 0 Å². The number of hydrogen-bond donors (Lipinski definition) is 1. The van der Waals surface area contributed by atoms with Crippen molar-refractivity contribution in [2.75, 3.05) is 19.8 Å². The van der Waals surface area contributed by atoms with Gasteiger partial charge in [0.15, 0.2) is 0 Å². The maximum Gasteiger partial charge on any atom is 0.337 e. The van der Waals surface area contributed by atoms with Gasteiger partial charge in [-0.05, 0) is 46.1 Å². The Kier molecular flexibility index (Phi) is 12.4. The van der Waals surface area contributed by atoms with Gasteiger partial charge in [-0.3, -0.25) is 0 Å². The lowest BCUT2D eigenvalue weighted by atomic mass is 10.2. The topological polar surface area (TPSA) is 116 Å². The van der Waals surface area contributed by atoms with Crippen molar-refractivity contribution in [1.82, 2.24) is 0 Å². The van der Waals surface area contributed by atoms with Crippen molar-refractivity contribution in [3.8, 4) is 0 Å². The Hall–Kier alpha value is -3.16. The predicted molar refractivity (Wildman–Crippen MR) is 106 cm³/mol. The number of unbranched alkanes of at least 4 members (excludes halogenated alkanes) is 2. The number of hydrogen-bond acceptors (Lipinski definition) is 7. The SMILES string of the molecule is C=C(C)C(=O)OCCOC(=O)C(=C)C=C(C)C(=O)OCCCCC=C(C)C(=O)O. The molecule has 0 aromatic carbocycles. The molecule has 29 heavy (non-hydrogen) atoms. The van der Waals surface area contributed by atoms with Gasteiger partial charge >= 0.3 is 23.9 Å². The summed E-state index contributed by atoms with van der Waals surface area (Å²) in [4.78, 5) is 45.5. The highest BCUT2D eigenvalue weighted by Crippen LogP contribution is 2.07. The minimum Gasteiger partial charge on any atom is -0.478 e. The molecular formula is C21H28O8. The second-order valence-electron chi connectivity index (χ2n) is 6.23. The van der Waals surface area contributed by atoms with Crippen LogP contribution in [0.25, 0.3) is 0 Å². The molecule has 0 rings (SSSR count). The minimum absolute atomic E-state index is 0.0417. The van der Waals surface area contributed by atoms with Gasteiger partial charge in [0.2, 0.25) is 0 Å². The number of allylic oxidation sites excluding steroid dienone is 1. The maximum absolute atomic E-state index is 11.9. The average molecular weight is 408 g/mol. The summed E-state index contributed by atoms with van der Waals surface area (Å²) in [6, 6.07) is 0. The fourth-order valence-electron chi connectivity index (χ4n) is 1.79. The Morgan fingerprint density at radius 2 is 1.34 bits per heavy atom. The highest BCUT2D eigenvalue weighted by atomic mass is 16.6. The molecular weight excluding hydrogens is 380 g/mol. The zero-order valence-corrected chi connectivity index (χ0v) is 17.1. The molecule has 0 aliphatic carbocycles. The van der Waals surface area contributed by atoms with Gasteiger partial charge < -0.3 is 19.3 Å². The fourth-order valence-corrected chi connectivity index (χ4v) is 1.79. The highest BCUT2D eigenvalue weighted by Gasteiger charge is 2.11. The van der Waals surface area contributed by atoms with Crippen LogP contribution in [0.5, 0.6) is 0 Å². The molecule has 160 valence electrons. The van der Waals surface area contributed by atoms with Crippen LogP contribution in [0.15, 0.2) is 47.6 Å². The average Bonchev–Trinajstić information content (AvgIpc) is 2.66. The van der Waals surface area contributed by atoms with Crippen LogP contribution in [0, 0.1) is 0 Å². The van der Waals surface area contributed by atoms with E-state index in [1.165, 1.54) is 26.8 Å². The van der Waals surface area contributed by atoms with Crippen LogP contribution in [0.2, 0.25) is 0 Å². The van der Waals surface area contributed by atoms with Crippen molar-refractivity contribution < 1.29 is 38.5 Å². The van der Waals surface area contributed by atoms with E-state index in [4.69, 9.17) is 19.3 Å². The number of aliphatic carboxylic acids is 1. The minimum atomic E-state index is -0.955. The molecule has 0 spiro atoms. The largest absolute Gasteiger partial charge is 0.478 e. The van der Waals surface area contributed by atoms with Crippen molar-refractivity contribution >= 4 is 23.9 Å². The van der Waals surface area contributed by atoms with Gasteiger partial charge in [-0.2, -0.15) is 0 Å².